The Morgan fingerprint density at radius 2 is 1.81 bits per heavy atom. The number of carbonyl (C=O) groups is 2. The second-order valence-corrected chi connectivity index (χ2v) is 6.96. The van der Waals surface area contributed by atoms with E-state index in [1.165, 1.54) is 6.26 Å². The summed E-state index contributed by atoms with van der Waals surface area (Å²) >= 11 is 0. The fourth-order valence-corrected chi connectivity index (χ4v) is 2.63. The molecule has 2 rings (SSSR count). The van der Waals surface area contributed by atoms with E-state index in [1.54, 1.807) is 24.1 Å². The fourth-order valence-electron chi connectivity index (χ4n) is 2.63. The number of nitrogens with zero attached hydrogens (tertiary/aromatic N) is 3. The van der Waals surface area contributed by atoms with E-state index in [9.17, 15) is 9.59 Å². The van der Waals surface area contributed by atoms with Gasteiger partial charge in [0.2, 0.25) is 5.91 Å². The average molecular weight is 477 g/mol. The Morgan fingerprint density at radius 3 is 2.31 bits per heavy atom. The number of aliphatic imine (C=N–C) groups is 1. The molecule has 1 fully saturated rings. The molecule has 0 saturated carbocycles. The molecule has 9 heteroatoms. The maximum absolute atomic E-state index is 12.3. The van der Waals surface area contributed by atoms with Gasteiger partial charge in [-0.05, 0) is 32.9 Å². The van der Waals surface area contributed by atoms with E-state index in [0.29, 0.717) is 37.9 Å². The van der Waals surface area contributed by atoms with Crippen molar-refractivity contribution in [1.29, 1.82) is 0 Å². The number of guanidine groups is 1. The van der Waals surface area contributed by atoms with Gasteiger partial charge >= 0.3 is 0 Å². The highest BCUT2D eigenvalue weighted by molar-refractivity contribution is 14.0. The zero-order valence-electron chi connectivity index (χ0n) is 15.7. The minimum atomic E-state index is -0.264. The molecule has 1 aliphatic rings. The summed E-state index contributed by atoms with van der Waals surface area (Å²) in [5.74, 6) is 0.835. The molecule has 2 N–H and O–H groups in total. The molecule has 0 bridgehead atoms. The van der Waals surface area contributed by atoms with Crippen LogP contribution in [-0.2, 0) is 4.79 Å². The first-order chi connectivity index (χ1) is 11.8. The van der Waals surface area contributed by atoms with Crippen molar-refractivity contribution in [3.05, 3.63) is 24.2 Å². The van der Waals surface area contributed by atoms with Crippen LogP contribution in [0.4, 0.5) is 0 Å². The van der Waals surface area contributed by atoms with E-state index < -0.39 is 0 Å². The number of hydrogen-bond donors (Lipinski definition) is 2. The summed E-state index contributed by atoms with van der Waals surface area (Å²) < 4.78 is 5.16. The largest absolute Gasteiger partial charge is 0.459 e. The Kier molecular flexibility index (Phi) is 8.38. The van der Waals surface area contributed by atoms with Gasteiger partial charge < -0.3 is 24.9 Å². The molecule has 2 amide bonds. The first kappa shape index (κ1) is 22.3. The van der Waals surface area contributed by atoms with E-state index in [-0.39, 0.29) is 47.9 Å². The van der Waals surface area contributed by atoms with E-state index in [4.69, 9.17) is 4.42 Å². The summed E-state index contributed by atoms with van der Waals surface area (Å²) in [4.78, 5) is 32.2. The van der Waals surface area contributed by atoms with Crippen LogP contribution >= 0.6 is 24.0 Å². The third kappa shape index (κ3) is 6.50. The molecule has 0 aliphatic carbocycles. The summed E-state index contributed by atoms with van der Waals surface area (Å²) in [5, 5.41) is 5.98. The molecule has 1 saturated heterocycles. The highest BCUT2D eigenvalue weighted by atomic mass is 127. The van der Waals surface area contributed by atoms with Crippen molar-refractivity contribution in [2.24, 2.45) is 4.99 Å². The molecule has 1 aliphatic heterocycles. The predicted octanol–water partition coefficient (Wildman–Crippen LogP) is 1.15. The number of rotatable bonds is 3. The van der Waals surface area contributed by atoms with Crippen molar-refractivity contribution in [2.75, 3.05) is 39.8 Å². The zero-order valence-corrected chi connectivity index (χ0v) is 18.1. The van der Waals surface area contributed by atoms with Crippen molar-refractivity contribution in [3.63, 3.8) is 0 Å². The smallest absolute Gasteiger partial charge is 0.289 e. The van der Waals surface area contributed by atoms with Gasteiger partial charge in [0.1, 0.15) is 0 Å². The standard InChI is InChI=1S/C17H27N5O3.HI/c1-17(2,3)20-14(23)12-19-16(18-4)22-9-7-21(8-10-22)15(24)13-6-5-11-25-13;/h5-6,11H,7-10,12H2,1-4H3,(H,18,19)(H,20,23);1H. The Bertz CT molecular complexity index is 617. The molecular formula is C17H28IN5O3. The quantitative estimate of drug-likeness (QED) is 0.388. The number of hydrogen-bond acceptors (Lipinski definition) is 4. The molecule has 0 unspecified atom stereocenters. The van der Waals surface area contributed by atoms with Gasteiger partial charge in [-0.15, -0.1) is 24.0 Å². The lowest BCUT2D eigenvalue weighted by molar-refractivity contribution is -0.121. The lowest BCUT2D eigenvalue weighted by Crippen LogP contribution is -2.55. The Balaban J connectivity index is 0.00000338. The summed E-state index contributed by atoms with van der Waals surface area (Å²) in [6, 6.07) is 3.38. The van der Waals surface area contributed by atoms with Crippen molar-refractivity contribution >= 4 is 41.8 Å². The Morgan fingerprint density at radius 1 is 1.19 bits per heavy atom. The van der Waals surface area contributed by atoms with Crippen LogP contribution in [0.3, 0.4) is 0 Å². The molecule has 1 aromatic rings. The summed E-state index contributed by atoms with van der Waals surface area (Å²) in [6.45, 7) is 8.43. The Labute approximate surface area is 171 Å². The second kappa shape index (κ2) is 9.79. The van der Waals surface area contributed by atoms with Gasteiger partial charge in [0.15, 0.2) is 11.7 Å². The average Bonchev–Trinajstić information content (AvgIpc) is 3.08. The van der Waals surface area contributed by atoms with Crippen LogP contribution in [0.1, 0.15) is 31.3 Å². The fraction of sp³-hybridized carbons (Fsp3) is 0.588. The molecule has 1 aromatic heterocycles. The maximum atomic E-state index is 12.3. The van der Waals surface area contributed by atoms with Gasteiger partial charge in [0.25, 0.3) is 5.91 Å². The first-order valence-corrected chi connectivity index (χ1v) is 8.39. The van der Waals surface area contributed by atoms with Crippen molar-refractivity contribution in [1.82, 2.24) is 20.4 Å². The van der Waals surface area contributed by atoms with Crippen LogP contribution in [0.2, 0.25) is 0 Å². The van der Waals surface area contributed by atoms with Crippen LogP contribution in [0.15, 0.2) is 27.8 Å². The summed E-state index contributed by atoms with van der Waals surface area (Å²) in [7, 11) is 1.68. The third-order valence-corrected chi connectivity index (χ3v) is 3.73. The van der Waals surface area contributed by atoms with E-state index in [0.717, 1.165) is 0 Å². The van der Waals surface area contributed by atoms with E-state index >= 15 is 0 Å². The highest BCUT2D eigenvalue weighted by Crippen LogP contribution is 2.09. The zero-order chi connectivity index (χ0) is 18.4. The maximum Gasteiger partial charge on any atom is 0.289 e. The lowest BCUT2D eigenvalue weighted by Gasteiger charge is -2.36. The van der Waals surface area contributed by atoms with Crippen LogP contribution < -0.4 is 10.6 Å². The lowest BCUT2D eigenvalue weighted by atomic mass is 10.1. The van der Waals surface area contributed by atoms with E-state index in [1.807, 2.05) is 25.7 Å². The molecular weight excluding hydrogens is 449 g/mol. The van der Waals surface area contributed by atoms with Gasteiger partial charge in [-0.3, -0.25) is 14.6 Å². The third-order valence-electron chi connectivity index (χ3n) is 3.73. The number of furan rings is 1. The minimum Gasteiger partial charge on any atom is -0.459 e. The molecule has 0 atom stereocenters. The molecule has 0 radical (unpaired) electrons. The second-order valence-electron chi connectivity index (χ2n) is 6.96. The highest BCUT2D eigenvalue weighted by Gasteiger charge is 2.25. The number of halogens is 1. The van der Waals surface area contributed by atoms with Crippen LogP contribution in [-0.4, -0.2) is 72.9 Å². The van der Waals surface area contributed by atoms with Gasteiger partial charge in [0.05, 0.1) is 12.8 Å². The number of nitrogens with one attached hydrogen (secondary N) is 2. The van der Waals surface area contributed by atoms with Crippen molar-refractivity contribution in [3.8, 4) is 0 Å². The SMILES string of the molecule is CN=C(NCC(=O)NC(C)(C)C)N1CCN(C(=O)c2ccco2)CC1.I. The normalized spacial score (nSPS) is 15.3. The van der Waals surface area contributed by atoms with Gasteiger partial charge in [-0.1, -0.05) is 0 Å². The molecule has 2 heterocycles. The molecule has 146 valence electrons. The van der Waals surface area contributed by atoms with Crippen molar-refractivity contribution < 1.29 is 14.0 Å². The molecule has 26 heavy (non-hydrogen) atoms. The van der Waals surface area contributed by atoms with Crippen LogP contribution in [0, 0.1) is 0 Å². The Hall–Kier alpha value is -1.78. The minimum absolute atomic E-state index is 0. The summed E-state index contributed by atoms with van der Waals surface area (Å²) in [6.07, 6.45) is 1.50. The molecule has 0 aromatic carbocycles. The summed E-state index contributed by atoms with van der Waals surface area (Å²) in [5.41, 5.74) is -0.264. The van der Waals surface area contributed by atoms with E-state index in [2.05, 4.69) is 15.6 Å². The number of amides is 2. The first-order valence-electron chi connectivity index (χ1n) is 8.39. The van der Waals surface area contributed by atoms with Gasteiger partial charge in [0, 0.05) is 38.8 Å². The van der Waals surface area contributed by atoms with Crippen molar-refractivity contribution in [2.45, 2.75) is 26.3 Å². The number of carbonyl (C=O) groups excluding carboxylic acids is 2. The van der Waals surface area contributed by atoms with Crippen LogP contribution in [0.5, 0.6) is 0 Å². The van der Waals surface area contributed by atoms with Gasteiger partial charge in [-0.25, -0.2) is 0 Å². The predicted molar refractivity (Wildman–Crippen MR) is 111 cm³/mol. The monoisotopic (exact) mass is 477 g/mol. The molecule has 0 spiro atoms. The number of piperazine rings is 1. The van der Waals surface area contributed by atoms with Crippen LogP contribution in [0.25, 0.3) is 0 Å². The van der Waals surface area contributed by atoms with Gasteiger partial charge in [-0.2, -0.15) is 0 Å². The topological polar surface area (TPSA) is 90.2 Å². The molecule has 8 nitrogen and oxygen atoms in total.